The van der Waals surface area contributed by atoms with Gasteiger partial charge in [-0.3, -0.25) is 14.5 Å². The van der Waals surface area contributed by atoms with Crippen molar-refractivity contribution in [1.29, 1.82) is 0 Å². The topological polar surface area (TPSA) is 70.7 Å². The van der Waals surface area contributed by atoms with Gasteiger partial charge in [0.25, 0.3) is 0 Å². The molecule has 0 unspecified atom stereocenters. The Labute approximate surface area is 170 Å². The SMILES string of the molecule is CCCN(CC(=O)Nc1ccccc1OC)CC(=O)Nc1ccccc1SC. The molecule has 0 saturated heterocycles. The zero-order valence-electron chi connectivity index (χ0n) is 16.5. The Kier molecular flexibility index (Phi) is 8.84. The van der Waals surface area contributed by atoms with Crippen molar-refractivity contribution in [2.75, 3.05) is 43.6 Å². The number of nitrogens with zero attached hydrogens (tertiary/aromatic N) is 1. The summed E-state index contributed by atoms with van der Waals surface area (Å²) in [6, 6.07) is 14.9. The van der Waals surface area contributed by atoms with E-state index in [1.807, 2.05) is 54.5 Å². The first-order valence-corrected chi connectivity index (χ1v) is 10.4. The van der Waals surface area contributed by atoms with Gasteiger partial charge in [-0.1, -0.05) is 31.2 Å². The number of methoxy groups -OCH3 is 1. The van der Waals surface area contributed by atoms with E-state index < -0.39 is 0 Å². The number of nitrogens with one attached hydrogen (secondary N) is 2. The van der Waals surface area contributed by atoms with Gasteiger partial charge in [0.05, 0.1) is 31.6 Å². The molecule has 2 aromatic rings. The van der Waals surface area contributed by atoms with E-state index in [1.165, 1.54) is 0 Å². The highest BCUT2D eigenvalue weighted by Crippen LogP contribution is 2.25. The van der Waals surface area contributed by atoms with Crippen molar-refractivity contribution in [2.45, 2.75) is 18.2 Å². The summed E-state index contributed by atoms with van der Waals surface area (Å²) >= 11 is 1.58. The Morgan fingerprint density at radius 3 is 2.14 bits per heavy atom. The maximum Gasteiger partial charge on any atom is 0.238 e. The van der Waals surface area contributed by atoms with E-state index >= 15 is 0 Å². The number of carbonyl (C=O) groups is 2. The van der Waals surface area contributed by atoms with Crippen LogP contribution < -0.4 is 15.4 Å². The quantitative estimate of drug-likeness (QED) is 0.594. The minimum Gasteiger partial charge on any atom is -0.495 e. The molecule has 0 aliphatic rings. The largest absolute Gasteiger partial charge is 0.495 e. The van der Waals surface area contributed by atoms with Gasteiger partial charge in [-0.2, -0.15) is 0 Å². The van der Waals surface area contributed by atoms with Crippen molar-refractivity contribution >= 4 is 35.0 Å². The fourth-order valence-corrected chi connectivity index (χ4v) is 3.37. The minimum absolute atomic E-state index is 0.128. The third-order valence-electron chi connectivity index (χ3n) is 4.04. The second-order valence-electron chi connectivity index (χ2n) is 6.21. The highest BCUT2D eigenvalue weighted by Gasteiger charge is 2.16. The number of hydrogen-bond acceptors (Lipinski definition) is 5. The van der Waals surface area contributed by atoms with Crippen LogP contribution in [0.25, 0.3) is 0 Å². The summed E-state index contributed by atoms with van der Waals surface area (Å²) < 4.78 is 5.26. The number of benzene rings is 2. The van der Waals surface area contributed by atoms with E-state index in [0.717, 1.165) is 17.0 Å². The van der Waals surface area contributed by atoms with Gasteiger partial charge in [-0.25, -0.2) is 0 Å². The lowest BCUT2D eigenvalue weighted by Crippen LogP contribution is -2.39. The number of amides is 2. The number of anilines is 2. The van der Waals surface area contributed by atoms with E-state index in [9.17, 15) is 9.59 Å². The maximum atomic E-state index is 12.5. The lowest BCUT2D eigenvalue weighted by molar-refractivity contribution is -0.120. The number of rotatable bonds is 10. The number of carbonyl (C=O) groups excluding carboxylic acids is 2. The molecule has 6 nitrogen and oxygen atoms in total. The van der Waals surface area contributed by atoms with Crippen LogP contribution >= 0.6 is 11.8 Å². The summed E-state index contributed by atoms with van der Waals surface area (Å²) in [5, 5.41) is 5.79. The molecular weight excluding hydrogens is 374 g/mol. The van der Waals surface area contributed by atoms with E-state index in [2.05, 4.69) is 10.6 Å². The van der Waals surface area contributed by atoms with Crippen molar-refractivity contribution in [2.24, 2.45) is 0 Å². The van der Waals surface area contributed by atoms with Crippen LogP contribution in [0.5, 0.6) is 5.75 Å². The molecule has 0 saturated carbocycles. The molecule has 28 heavy (non-hydrogen) atoms. The summed E-state index contributed by atoms with van der Waals surface area (Å²) in [6.45, 7) is 2.95. The number of hydrogen-bond donors (Lipinski definition) is 2. The monoisotopic (exact) mass is 401 g/mol. The molecule has 0 spiro atoms. The summed E-state index contributed by atoms with van der Waals surface area (Å²) in [4.78, 5) is 27.8. The van der Waals surface area contributed by atoms with Crippen LogP contribution in [0.4, 0.5) is 11.4 Å². The molecule has 0 radical (unpaired) electrons. The van der Waals surface area contributed by atoms with Crippen molar-refractivity contribution in [3.8, 4) is 5.75 Å². The van der Waals surface area contributed by atoms with Crippen LogP contribution in [0.3, 0.4) is 0 Å². The number of thioether (sulfide) groups is 1. The Morgan fingerprint density at radius 2 is 1.54 bits per heavy atom. The fourth-order valence-electron chi connectivity index (χ4n) is 2.81. The second-order valence-corrected chi connectivity index (χ2v) is 7.06. The van der Waals surface area contributed by atoms with Gasteiger partial charge >= 0.3 is 0 Å². The summed E-state index contributed by atoms with van der Waals surface area (Å²) in [5.74, 6) is 0.277. The molecule has 7 heteroatoms. The van der Waals surface area contributed by atoms with Crippen molar-refractivity contribution < 1.29 is 14.3 Å². The smallest absolute Gasteiger partial charge is 0.238 e. The van der Waals surface area contributed by atoms with Crippen LogP contribution in [0.2, 0.25) is 0 Å². The fraction of sp³-hybridized carbons (Fsp3) is 0.333. The third kappa shape index (κ3) is 6.58. The molecule has 0 fully saturated rings. The summed E-state index contributed by atoms with van der Waals surface area (Å²) in [6.07, 6.45) is 2.81. The van der Waals surface area contributed by atoms with E-state index in [-0.39, 0.29) is 24.9 Å². The van der Waals surface area contributed by atoms with Gasteiger partial charge in [0.15, 0.2) is 0 Å². The van der Waals surface area contributed by atoms with Crippen LogP contribution in [-0.2, 0) is 9.59 Å². The van der Waals surface area contributed by atoms with Crippen molar-refractivity contribution in [3.05, 3.63) is 48.5 Å². The molecule has 0 atom stereocenters. The first-order chi connectivity index (χ1) is 13.6. The molecule has 0 aliphatic heterocycles. The predicted molar refractivity (Wildman–Crippen MR) is 115 cm³/mol. The third-order valence-corrected chi connectivity index (χ3v) is 4.83. The Bertz CT molecular complexity index is 734. The number of para-hydroxylation sites is 3. The first-order valence-electron chi connectivity index (χ1n) is 9.15. The van der Waals surface area contributed by atoms with Crippen LogP contribution in [0, 0.1) is 0 Å². The molecule has 2 amide bonds. The van der Waals surface area contributed by atoms with Crippen molar-refractivity contribution in [3.63, 3.8) is 0 Å². The Hall–Kier alpha value is -2.51. The van der Waals surface area contributed by atoms with Crippen molar-refractivity contribution in [1.82, 2.24) is 4.90 Å². The molecular formula is C21H27N3O3S. The normalized spacial score (nSPS) is 10.6. The standard InChI is InChI=1S/C21H27N3O3S/c1-4-13-24(14-20(25)22-16-9-5-7-11-18(16)27-2)15-21(26)23-17-10-6-8-12-19(17)28-3/h5-12H,4,13-15H2,1-3H3,(H,22,25)(H,23,26). The second kappa shape index (κ2) is 11.4. The average Bonchev–Trinajstić information content (AvgIpc) is 2.68. The molecule has 150 valence electrons. The van der Waals surface area contributed by atoms with E-state index in [0.29, 0.717) is 18.0 Å². The van der Waals surface area contributed by atoms with Gasteiger partial charge < -0.3 is 15.4 Å². The Balaban J connectivity index is 1.96. The van der Waals surface area contributed by atoms with Crippen LogP contribution in [-0.4, -0.2) is 49.7 Å². The zero-order chi connectivity index (χ0) is 20.4. The molecule has 0 aromatic heterocycles. The van der Waals surface area contributed by atoms with E-state index in [1.54, 1.807) is 31.0 Å². The molecule has 0 heterocycles. The molecule has 0 aliphatic carbocycles. The predicted octanol–water partition coefficient (Wildman–Crippen LogP) is 3.71. The number of ether oxygens (including phenoxy) is 1. The molecule has 2 rings (SSSR count). The van der Waals surface area contributed by atoms with Crippen LogP contribution in [0.1, 0.15) is 13.3 Å². The lowest BCUT2D eigenvalue weighted by atomic mass is 10.3. The highest BCUT2D eigenvalue weighted by molar-refractivity contribution is 7.98. The average molecular weight is 402 g/mol. The lowest BCUT2D eigenvalue weighted by Gasteiger charge is -2.21. The summed E-state index contributed by atoms with van der Waals surface area (Å²) in [7, 11) is 1.56. The molecule has 2 aromatic carbocycles. The van der Waals surface area contributed by atoms with Gasteiger partial charge in [-0.15, -0.1) is 11.8 Å². The molecule has 2 N–H and O–H groups in total. The zero-order valence-corrected chi connectivity index (χ0v) is 17.3. The van der Waals surface area contributed by atoms with Crippen LogP contribution in [0.15, 0.2) is 53.4 Å². The first kappa shape index (κ1) is 21.8. The van der Waals surface area contributed by atoms with E-state index in [4.69, 9.17) is 4.74 Å². The highest BCUT2D eigenvalue weighted by atomic mass is 32.2. The summed E-state index contributed by atoms with van der Waals surface area (Å²) in [5.41, 5.74) is 1.40. The maximum absolute atomic E-state index is 12.5. The Morgan fingerprint density at radius 1 is 0.964 bits per heavy atom. The molecule has 0 bridgehead atoms. The van der Waals surface area contributed by atoms with Gasteiger partial charge in [0, 0.05) is 4.90 Å². The minimum atomic E-state index is -0.185. The van der Waals surface area contributed by atoms with Gasteiger partial charge in [0.2, 0.25) is 11.8 Å². The van der Waals surface area contributed by atoms with Gasteiger partial charge in [0.1, 0.15) is 5.75 Å². The van der Waals surface area contributed by atoms with Gasteiger partial charge in [-0.05, 0) is 43.5 Å².